The molecule has 0 amide bonds. The molecule has 2 unspecified atom stereocenters. The van der Waals surface area contributed by atoms with Gasteiger partial charge in [-0.2, -0.15) is 0 Å². The Bertz CT molecular complexity index is 885. The van der Waals surface area contributed by atoms with Gasteiger partial charge in [0.2, 0.25) is 0 Å². The number of halogens is 4. The van der Waals surface area contributed by atoms with Crippen molar-refractivity contribution in [3.63, 3.8) is 0 Å². The summed E-state index contributed by atoms with van der Waals surface area (Å²) in [6.07, 6.45) is -0.325. The number of benzene rings is 2. The van der Waals surface area contributed by atoms with E-state index in [2.05, 4.69) is 102 Å². The van der Waals surface area contributed by atoms with Gasteiger partial charge in [-0.15, -0.1) is 0 Å². The zero-order valence-electron chi connectivity index (χ0n) is 20.4. The first kappa shape index (κ1) is 29.1. The Morgan fingerprint density at radius 2 is 0.848 bits per heavy atom. The minimum absolute atomic E-state index is 0.163. The second-order valence-electron chi connectivity index (χ2n) is 10.3. The normalized spacial score (nSPS) is 14.7. The average molecular weight is 714 g/mol. The van der Waals surface area contributed by atoms with E-state index in [9.17, 15) is 0 Å². The van der Waals surface area contributed by atoms with Crippen LogP contribution in [0.25, 0.3) is 0 Å². The van der Waals surface area contributed by atoms with Crippen LogP contribution < -0.4 is 20.9 Å². The first-order chi connectivity index (χ1) is 14.9. The highest BCUT2D eigenvalue weighted by atomic mass is 79.9. The van der Waals surface area contributed by atoms with E-state index < -0.39 is 11.1 Å². The van der Waals surface area contributed by atoms with Gasteiger partial charge in [-0.3, -0.25) is 0 Å². The van der Waals surface area contributed by atoms with Crippen LogP contribution in [-0.4, -0.2) is 23.3 Å². The summed E-state index contributed by atoms with van der Waals surface area (Å²) in [6, 6.07) is 8.40. The largest absolute Gasteiger partial charge is 0.486 e. The van der Waals surface area contributed by atoms with Crippen LogP contribution in [0.1, 0.15) is 66.5 Å². The number of rotatable bonds is 8. The lowest BCUT2D eigenvalue weighted by Crippen LogP contribution is -2.46. The van der Waals surface area contributed by atoms with Gasteiger partial charge in [-0.25, -0.2) is 0 Å². The molecule has 4 nitrogen and oxygen atoms in total. The third kappa shape index (κ3) is 6.98. The molecule has 0 heterocycles. The van der Waals surface area contributed by atoms with Crippen LogP contribution in [0.15, 0.2) is 42.2 Å². The molecule has 33 heavy (non-hydrogen) atoms. The second-order valence-corrected chi connectivity index (χ2v) is 13.7. The molecule has 184 valence electrons. The van der Waals surface area contributed by atoms with Gasteiger partial charge in [0.25, 0.3) is 0 Å². The summed E-state index contributed by atoms with van der Waals surface area (Å²) >= 11 is 14.8. The van der Waals surface area contributed by atoms with Crippen LogP contribution in [0, 0.1) is 0 Å². The third-order valence-corrected chi connectivity index (χ3v) is 8.48. The molecule has 0 saturated heterocycles. The highest BCUT2D eigenvalue weighted by Gasteiger charge is 2.30. The molecule has 4 N–H and O–H groups in total. The quantitative estimate of drug-likeness (QED) is 0.291. The van der Waals surface area contributed by atoms with Crippen molar-refractivity contribution >= 4 is 63.7 Å². The molecule has 2 rings (SSSR count). The Kier molecular flexibility index (Phi) is 9.24. The van der Waals surface area contributed by atoms with Gasteiger partial charge in [0.05, 0.1) is 17.9 Å². The van der Waals surface area contributed by atoms with Crippen molar-refractivity contribution < 1.29 is 9.47 Å². The molecule has 2 aromatic rings. The Labute approximate surface area is 232 Å². The first-order valence-electron chi connectivity index (χ1n) is 10.8. The lowest BCUT2D eigenvalue weighted by molar-refractivity contribution is 0.144. The molecule has 2 aromatic carbocycles. The van der Waals surface area contributed by atoms with E-state index in [1.54, 1.807) is 0 Å². The smallest absolute Gasteiger partial charge is 0.148 e. The zero-order chi connectivity index (χ0) is 25.5. The number of hydrogen-bond acceptors (Lipinski definition) is 4. The molecule has 0 fully saturated rings. The highest BCUT2D eigenvalue weighted by molar-refractivity contribution is 9.11. The van der Waals surface area contributed by atoms with Crippen LogP contribution in [0.3, 0.4) is 0 Å². The molecule has 0 aliphatic heterocycles. The standard InChI is InChI=1S/C25H34Br4N2O2/c1-13(24(5,6)30)32-21-17(26)9-15(10-18(21)27)23(3,4)16-11-19(28)22(20(29)12-16)33-14(2)25(7,8)31/h9-14H,30-31H2,1-8H3. The van der Waals surface area contributed by atoms with Crippen molar-refractivity contribution in [2.45, 2.75) is 84.1 Å². The van der Waals surface area contributed by atoms with E-state index in [1.807, 2.05) is 41.5 Å². The van der Waals surface area contributed by atoms with E-state index in [0.29, 0.717) is 0 Å². The van der Waals surface area contributed by atoms with Crippen molar-refractivity contribution in [3.8, 4) is 11.5 Å². The fraction of sp³-hybridized carbons (Fsp3) is 0.520. The second kappa shape index (κ2) is 10.5. The van der Waals surface area contributed by atoms with Gasteiger partial charge < -0.3 is 20.9 Å². The molecular formula is C25H34Br4N2O2. The first-order valence-corrected chi connectivity index (χ1v) is 13.9. The third-order valence-electron chi connectivity index (χ3n) is 6.12. The summed E-state index contributed by atoms with van der Waals surface area (Å²) in [5, 5.41) is 0. The van der Waals surface area contributed by atoms with E-state index >= 15 is 0 Å². The van der Waals surface area contributed by atoms with Crippen LogP contribution in [0.4, 0.5) is 0 Å². The molecular weight excluding hydrogens is 680 g/mol. The summed E-state index contributed by atoms with van der Waals surface area (Å²) in [5.74, 6) is 1.48. The molecule has 0 aliphatic rings. The maximum Gasteiger partial charge on any atom is 0.148 e. The van der Waals surface area contributed by atoms with Gasteiger partial charge in [-0.05, 0) is 141 Å². The minimum atomic E-state index is -0.462. The molecule has 2 atom stereocenters. The van der Waals surface area contributed by atoms with Crippen molar-refractivity contribution in [2.24, 2.45) is 11.5 Å². The SMILES string of the molecule is CC(Oc1c(Br)cc(C(C)(C)c2cc(Br)c(OC(C)C(C)(C)N)c(Br)c2)cc1Br)C(C)(C)N. The van der Waals surface area contributed by atoms with Crippen LogP contribution in [-0.2, 0) is 5.41 Å². The zero-order valence-corrected chi connectivity index (χ0v) is 26.8. The molecule has 0 aromatic heterocycles. The summed E-state index contributed by atoms with van der Waals surface area (Å²) in [5.41, 5.74) is 13.4. The molecule has 0 radical (unpaired) electrons. The van der Waals surface area contributed by atoms with Gasteiger partial charge in [0, 0.05) is 16.5 Å². The van der Waals surface area contributed by atoms with Gasteiger partial charge in [-0.1, -0.05) is 13.8 Å². The number of hydrogen-bond donors (Lipinski definition) is 2. The van der Waals surface area contributed by atoms with Crippen molar-refractivity contribution in [2.75, 3.05) is 0 Å². The monoisotopic (exact) mass is 710 g/mol. The maximum absolute atomic E-state index is 6.21. The van der Waals surface area contributed by atoms with Crippen LogP contribution in [0.5, 0.6) is 11.5 Å². The topological polar surface area (TPSA) is 70.5 Å². The predicted molar refractivity (Wildman–Crippen MR) is 153 cm³/mol. The van der Waals surface area contributed by atoms with E-state index in [-0.39, 0.29) is 17.6 Å². The Balaban J connectivity index is 2.44. The van der Waals surface area contributed by atoms with Gasteiger partial charge in [0.1, 0.15) is 23.7 Å². The lowest BCUT2D eigenvalue weighted by atomic mass is 9.78. The fourth-order valence-electron chi connectivity index (χ4n) is 2.89. The van der Waals surface area contributed by atoms with E-state index in [1.165, 1.54) is 0 Å². The predicted octanol–water partition coefficient (Wildman–Crippen LogP) is 8.07. The van der Waals surface area contributed by atoms with Crippen LogP contribution >= 0.6 is 63.7 Å². The average Bonchev–Trinajstić information content (AvgIpc) is 2.65. The maximum atomic E-state index is 6.21. The summed E-state index contributed by atoms with van der Waals surface area (Å²) in [6.45, 7) is 16.1. The van der Waals surface area contributed by atoms with Gasteiger partial charge in [0.15, 0.2) is 0 Å². The van der Waals surface area contributed by atoms with E-state index in [4.69, 9.17) is 20.9 Å². The lowest BCUT2D eigenvalue weighted by Gasteiger charge is -2.31. The Morgan fingerprint density at radius 3 is 1.06 bits per heavy atom. The molecule has 0 saturated carbocycles. The molecule has 0 bridgehead atoms. The summed E-state index contributed by atoms with van der Waals surface area (Å²) in [4.78, 5) is 0. The molecule has 0 aliphatic carbocycles. The minimum Gasteiger partial charge on any atom is -0.486 e. The summed E-state index contributed by atoms with van der Waals surface area (Å²) < 4.78 is 15.8. The van der Waals surface area contributed by atoms with Crippen molar-refractivity contribution in [1.29, 1.82) is 0 Å². The summed E-state index contributed by atoms with van der Waals surface area (Å²) in [7, 11) is 0. The fourth-order valence-corrected chi connectivity index (χ4v) is 5.64. The Hall–Kier alpha value is -0.120. The van der Waals surface area contributed by atoms with Gasteiger partial charge >= 0.3 is 0 Å². The van der Waals surface area contributed by atoms with Crippen LogP contribution in [0.2, 0.25) is 0 Å². The van der Waals surface area contributed by atoms with Crippen molar-refractivity contribution in [3.05, 3.63) is 53.3 Å². The van der Waals surface area contributed by atoms with E-state index in [0.717, 1.165) is 40.5 Å². The number of nitrogens with two attached hydrogens (primary N) is 2. The molecule has 0 spiro atoms. The highest BCUT2D eigenvalue weighted by Crippen LogP contribution is 2.44. The Morgan fingerprint density at radius 1 is 0.606 bits per heavy atom. The van der Waals surface area contributed by atoms with Crippen molar-refractivity contribution in [1.82, 2.24) is 0 Å². The molecule has 8 heteroatoms. The number of ether oxygens (including phenoxy) is 2.